The first-order chi connectivity index (χ1) is 17.2. The van der Waals surface area contributed by atoms with E-state index >= 15 is 0 Å². The SMILES string of the molecule is Cc1ccc2nc(N3CC(C)CC(C)C3)c(C=C3SC(=S)N(Cc4ccc(F)cc4)C3=O)c(=O)n2c1. The summed E-state index contributed by atoms with van der Waals surface area (Å²) in [6.07, 6.45) is 4.54. The maximum absolute atomic E-state index is 13.7. The van der Waals surface area contributed by atoms with Gasteiger partial charge in [0.1, 0.15) is 21.6 Å². The standard InChI is InChI=1S/C27H27FN4O2S2/c1-16-4-9-23-29-24(30-12-17(2)10-18(3)13-30)21(25(33)31(23)14-16)11-22-26(34)32(27(35)36-22)15-19-5-7-20(28)8-6-19/h4-9,11,14,17-18H,10,12-13,15H2,1-3H3. The number of thiocarbonyl (C=S) groups is 1. The van der Waals surface area contributed by atoms with Gasteiger partial charge < -0.3 is 4.90 Å². The average molecular weight is 523 g/mol. The van der Waals surface area contributed by atoms with E-state index in [9.17, 15) is 14.0 Å². The Balaban J connectivity index is 1.57. The Hall–Kier alpha value is -3.04. The zero-order valence-electron chi connectivity index (χ0n) is 20.4. The zero-order valence-corrected chi connectivity index (χ0v) is 22.0. The molecule has 9 heteroatoms. The van der Waals surface area contributed by atoms with Gasteiger partial charge in [-0.25, -0.2) is 9.37 Å². The smallest absolute Gasteiger partial charge is 0.267 e. The number of nitrogens with zero attached hydrogens (tertiary/aromatic N) is 4. The highest BCUT2D eigenvalue weighted by molar-refractivity contribution is 8.26. The molecule has 186 valence electrons. The second-order valence-corrected chi connectivity index (χ2v) is 11.5. The predicted molar refractivity (Wildman–Crippen MR) is 146 cm³/mol. The van der Waals surface area contributed by atoms with Crippen molar-refractivity contribution in [3.05, 3.63) is 80.4 Å². The molecular weight excluding hydrogens is 495 g/mol. The molecule has 2 unspecified atom stereocenters. The Morgan fingerprint density at radius 2 is 1.81 bits per heavy atom. The van der Waals surface area contributed by atoms with Crippen LogP contribution in [0.2, 0.25) is 0 Å². The number of aryl methyl sites for hydroxylation is 1. The minimum atomic E-state index is -0.336. The summed E-state index contributed by atoms with van der Waals surface area (Å²) in [6, 6.07) is 9.78. The van der Waals surface area contributed by atoms with Crippen molar-refractivity contribution in [2.45, 2.75) is 33.7 Å². The molecule has 1 amide bonds. The number of pyridine rings is 1. The molecule has 0 aliphatic carbocycles. The Morgan fingerprint density at radius 1 is 1.11 bits per heavy atom. The summed E-state index contributed by atoms with van der Waals surface area (Å²) >= 11 is 6.67. The van der Waals surface area contributed by atoms with Crippen molar-refractivity contribution in [3.63, 3.8) is 0 Å². The lowest BCUT2D eigenvalue weighted by Gasteiger charge is -2.36. The van der Waals surface area contributed by atoms with E-state index in [-0.39, 0.29) is 23.8 Å². The highest BCUT2D eigenvalue weighted by Crippen LogP contribution is 2.35. The molecule has 2 atom stereocenters. The number of amides is 1. The lowest BCUT2D eigenvalue weighted by Crippen LogP contribution is -2.40. The Labute approximate surface area is 218 Å². The van der Waals surface area contributed by atoms with Crippen LogP contribution in [0.5, 0.6) is 0 Å². The lowest BCUT2D eigenvalue weighted by atomic mass is 9.91. The van der Waals surface area contributed by atoms with Crippen LogP contribution in [0.4, 0.5) is 10.2 Å². The van der Waals surface area contributed by atoms with Crippen LogP contribution in [0, 0.1) is 24.6 Å². The predicted octanol–water partition coefficient (Wildman–Crippen LogP) is 5.03. The first-order valence-corrected chi connectivity index (χ1v) is 13.2. The molecule has 36 heavy (non-hydrogen) atoms. The quantitative estimate of drug-likeness (QED) is 0.354. The third-order valence-electron chi connectivity index (χ3n) is 6.56. The van der Waals surface area contributed by atoms with E-state index in [1.54, 1.807) is 28.8 Å². The van der Waals surface area contributed by atoms with E-state index in [1.165, 1.54) is 28.8 Å². The summed E-state index contributed by atoms with van der Waals surface area (Å²) in [4.78, 5) is 36.0. The number of hydrogen-bond donors (Lipinski definition) is 0. The molecule has 2 aliphatic rings. The fourth-order valence-electron chi connectivity index (χ4n) is 4.99. The minimum absolute atomic E-state index is 0.214. The van der Waals surface area contributed by atoms with Crippen LogP contribution in [0.25, 0.3) is 11.7 Å². The molecule has 2 fully saturated rings. The highest BCUT2D eigenvalue weighted by Gasteiger charge is 2.33. The summed E-state index contributed by atoms with van der Waals surface area (Å²) in [5.41, 5.74) is 2.47. The van der Waals surface area contributed by atoms with Crippen LogP contribution in [-0.2, 0) is 11.3 Å². The van der Waals surface area contributed by atoms with Gasteiger partial charge >= 0.3 is 0 Å². The number of anilines is 1. The molecule has 0 spiro atoms. The van der Waals surface area contributed by atoms with Gasteiger partial charge in [0.15, 0.2) is 0 Å². The van der Waals surface area contributed by atoms with Gasteiger partial charge in [-0.15, -0.1) is 0 Å². The normalized spacial score (nSPS) is 21.7. The first-order valence-electron chi connectivity index (χ1n) is 12.0. The Bertz CT molecular complexity index is 1440. The van der Waals surface area contributed by atoms with E-state index in [2.05, 4.69) is 18.7 Å². The Morgan fingerprint density at radius 3 is 2.50 bits per heavy atom. The summed E-state index contributed by atoms with van der Waals surface area (Å²) in [5.74, 6) is 0.931. The average Bonchev–Trinajstić information content (AvgIpc) is 3.09. The van der Waals surface area contributed by atoms with Gasteiger partial charge in [0.2, 0.25) is 0 Å². The number of hydrogen-bond acceptors (Lipinski definition) is 6. The fourth-order valence-corrected chi connectivity index (χ4v) is 6.23. The van der Waals surface area contributed by atoms with Crippen LogP contribution in [0.3, 0.4) is 0 Å². The van der Waals surface area contributed by atoms with Crippen molar-refractivity contribution in [2.24, 2.45) is 11.8 Å². The third kappa shape index (κ3) is 4.82. The monoisotopic (exact) mass is 522 g/mol. The molecule has 4 heterocycles. The van der Waals surface area contributed by atoms with Gasteiger partial charge in [0.05, 0.1) is 17.0 Å². The van der Waals surface area contributed by atoms with E-state index in [1.807, 2.05) is 19.1 Å². The molecule has 0 radical (unpaired) electrons. The fraction of sp³-hybridized carbons (Fsp3) is 0.333. The second kappa shape index (κ2) is 9.78. The number of halogens is 1. The van der Waals surface area contributed by atoms with E-state index in [0.29, 0.717) is 38.1 Å². The van der Waals surface area contributed by atoms with Crippen molar-refractivity contribution < 1.29 is 9.18 Å². The van der Waals surface area contributed by atoms with Crippen molar-refractivity contribution >= 4 is 51.7 Å². The van der Waals surface area contributed by atoms with Crippen LogP contribution in [0.15, 0.2) is 52.3 Å². The van der Waals surface area contributed by atoms with E-state index in [4.69, 9.17) is 17.2 Å². The second-order valence-electron chi connectivity index (χ2n) is 9.83. The van der Waals surface area contributed by atoms with Crippen LogP contribution >= 0.6 is 24.0 Å². The first kappa shape index (κ1) is 24.6. The number of carbonyl (C=O) groups is 1. The molecule has 6 nitrogen and oxygen atoms in total. The number of aromatic nitrogens is 2. The largest absolute Gasteiger partial charge is 0.355 e. The number of fused-ring (bicyclic) bond motifs is 1. The molecule has 3 aromatic rings. The van der Waals surface area contributed by atoms with Crippen molar-refractivity contribution in [3.8, 4) is 0 Å². The number of carbonyl (C=O) groups excluding carboxylic acids is 1. The maximum Gasteiger partial charge on any atom is 0.267 e. The van der Waals surface area contributed by atoms with Gasteiger partial charge in [-0.2, -0.15) is 0 Å². The molecule has 1 aromatic carbocycles. The van der Waals surface area contributed by atoms with Gasteiger partial charge in [-0.1, -0.05) is 56.0 Å². The molecular formula is C27H27FN4O2S2. The molecule has 0 N–H and O–H groups in total. The van der Waals surface area contributed by atoms with Crippen LogP contribution in [0.1, 0.15) is 37.0 Å². The van der Waals surface area contributed by atoms with Crippen LogP contribution in [-0.4, -0.2) is 37.6 Å². The number of rotatable bonds is 4. The van der Waals surface area contributed by atoms with E-state index in [0.717, 1.165) is 30.6 Å². The molecule has 5 rings (SSSR count). The third-order valence-corrected chi connectivity index (χ3v) is 7.93. The topological polar surface area (TPSA) is 57.9 Å². The molecule has 0 bridgehead atoms. The minimum Gasteiger partial charge on any atom is -0.355 e. The summed E-state index contributed by atoms with van der Waals surface area (Å²) in [6.45, 7) is 8.18. The van der Waals surface area contributed by atoms with Gasteiger partial charge in [-0.3, -0.25) is 18.9 Å². The van der Waals surface area contributed by atoms with Gasteiger partial charge in [-0.05, 0) is 60.6 Å². The van der Waals surface area contributed by atoms with Crippen LogP contribution < -0.4 is 10.5 Å². The summed E-state index contributed by atoms with van der Waals surface area (Å²) < 4.78 is 15.3. The van der Waals surface area contributed by atoms with Gasteiger partial charge in [0, 0.05) is 19.3 Å². The lowest BCUT2D eigenvalue weighted by molar-refractivity contribution is -0.122. The molecule has 2 saturated heterocycles. The van der Waals surface area contributed by atoms with Crippen molar-refractivity contribution in [1.82, 2.24) is 14.3 Å². The maximum atomic E-state index is 13.7. The highest BCUT2D eigenvalue weighted by atomic mass is 32.2. The number of piperidine rings is 1. The summed E-state index contributed by atoms with van der Waals surface area (Å²) in [5, 5.41) is 0. The van der Waals surface area contributed by atoms with Gasteiger partial charge in [0.25, 0.3) is 11.5 Å². The molecule has 0 saturated carbocycles. The number of thioether (sulfide) groups is 1. The summed E-state index contributed by atoms with van der Waals surface area (Å²) in [7, 11) is 0. The van der Waals surface area contributed by atoms with Crippen molar-refractivity contribution in [1.29, 1.82) is 0 Å². The molecule has 2 aliphatic heterocycles. The van der Waals surface area contributed by atoms with Crippen molar-refractivity contribution in [2.75, 3.05) is 18.0 Å². The van der Waals surface area contributed by atoms with E-state index < -0.39 is 0 Å². The Kier molecular flexibility index (Phi) is 6.70. The number of benzene rings is 1. The molecule has 2 aromatic heterocycles. The zero-order chi connectivity index (χ0) is 25.6.